The van der Waals surface area contributed by atoms with E-state index in [4.69, 9.17) is 5.11 Å². The lowest BCUT2D eigenvalue weighted by Crippen LogP contribution is -2.24. The van der Waals surface area contributed by atoms with Crippen molar-refractivity contribution in [2.24, 2.45) is 5.92 Å². The zero-order valence-corrected chi connectivity index (χ0v) is 9.95. The number of carboxylic acids is 1. The summed E-state index contributed by atoms with van der Waals surface area (Å²) in [5.41, 5.74) is 0. The molecule has 1 aliphatic heterocycles. The third kappa shape index (κ3) is 2.16. The van der Waals surface area contributed by atoms with Gasteiger partial charge < -0.3 is 10.0 Å². The summed E-state index contributed by atoms with van der Waals surface area (Å²) in [6, 6.07) is 1.33. The molecule has 0 bridgehead atoms. The van der Waals surface area contributed by atoms with E-state index in [0.717, 1.165) is 0 Å². The number of halogens is 2. The summed E-state index contributed by atoms with van der Waals surface area (Å²) in [4.78, 5) is 16.4. The van der Waals surface area contributed by atoms with Crippen molar-refractivity contribution in [3.05, 3.63) is 22.6 Å². The van der Waals surface area contributed by atoms with Crippen molar-refractivity contribution in [1.82, 2.24) is 4.98 Å². The van der Waals surface area contributed by atoms with E-state index in [9.17, 15) is 9.18 Å². The first-order chi connectivity index (χ1) is 7.58. The van der Waals surface area contributed by atoms with E-state index in [1.165, 1.54) is 12.3 Å². The second-order valence-corrected chi connectivity index (χ2v) is 4.64. The Bertz CT molecular complexity index is 427. The molecule has 6 heteroatoms. The predicted molar refractivity (Wildman–Crippen MR) is 59.9 cm³/mol. The molecule has 1 saturated heterocycles. The van der Waals surface area contributed by atoms with E-state index in [-0.39, 0.29) is 5.82 Å². The molecular formula is C10H10BrFN2O2. The van der Waals surface area contributed by atoms with Gasteiger partial charge in [-0.1, -0.05) is 0 Å². The van der Waals surface area contributed by atoms with Gasteiger partial charge in [-0.3, -0.25) is 4.79 Å². The van der Waals surface area contributed by atoms with Gasteiger partial charge in [0.15, 0.2) is 11.6 Å². The molecule has 2 rings (SSSR count). The Morgan fingerprint density at radius 3 is 3.00 bits per heavy atom. The molecule has 0 radical (unpaired) electrons. The number of carboxylic acid groups (broad SMARTS) is 1. The van der Waals surface area contributed by atoms with Gasteiger partial charge in [0.05, 0.1) is 5.92 Å². The number of nitrogens with zero attached hydrogens (tertiary/aromatic N) is 2. The van der Waals surface area contributed by atoms with Crippen LogP contribution in [0.2, 0.25) is 0 Å². The minimum atomic E-state index is -0.833. The number of pyridine rings is 1. The van der Waals surface area contributed by atoms with Crippen LogP contribution in [0.1, 0.15) is 6.42 Å². The van der Waals surface area contributed by atoms with Gasteiger partial charge in [-0.2, -0.15) is 0 Å². The highest BCUT2D eigenvalue weighted by molar-refractivity contribution is 9.10. The van der Waals surface area contributed by atoms with Crippen molar-refractivity contribution in [1.29, 1.82) is 0 Å². The van der Waals surface area contributed by atoms with Crippen LogP contribution in [-0.4, -0.2) is 29.1 Å². The fourth-order valence-corrected chi connectivity index (χ4v) is 2.10. The van der Waals surface area contributed by atoms with E-state index >= 15 is 0 Å². The number of anilines is 1. The summed E-state index contributed by atoms with van der Waals surface area (Å²) in [6.07, 6.45) is 2.04. The third-order valence-electron chi connectivity index (χ3n) is 2.63. The van der Waals surface area contributed by atoms with Gasteiger partial charge in [0.2, 0.25) is 0 Å². The highest BCUT2D eigenvalue weighted by atomic mass is 79.9. The van der Waals surface area contributed by atoms with Gasteiger partial charge in [-0.15, -0.1) is 0 Å². The van der Waals surface area contributed by atoms with Crippen LogP contribution in [0.15, 0.2) is 16.7 Å². The first kappa shape index (κ1) is 11.3. The van der Waals surface area contributed by atoms with Gasteiger partial charge in [-0.25, -0.2) is 9.37 Å². The molecule has 0 unspecified atom stereocenters. The van der Waals surface area contributed by atoms with E-state index in [2.05, 4.69) is 20.9 Å². The summed E-state index contributed by atoms with van der Waals surface area (Å²) >= 11 is 3.12. The molecule has 1 aromatic heterocycles. The average Bonchev–Trinajstić information content (AvgIpc) is 2.66. The molecule has 1 aliphatic rings. The van der Waals surface area contributed by atoms with Crippen LogP contribution in [0.5, 0.6) is 0 Å². The van der Waals surface area contributed by atoms with Crippen molar-refractivity contribution in [3.8, 4) is 0 Å². The predicted octanol–water partition coefficient (Wildman–Crippen LogP) is 1.89. The summed E-state index contributed by atoms with van der Waals surface area (Å²) in [7, 11) is 0. The van der Waals surface area contributed by atoms with Crippen molar-refractivity contribution in [3.63, 3.8) is 0 Å². The Morgan fingerprint density at radius 2 is 2.44 bits per heavy atom. The number of aliphatic carboxylic acids is 1. The van der Waals surface area contributed by atoms with Crippen LogP contribution >= 0.6 is 15.9 Å². The van der Waals surface area contributed by atoms with Crippen molar-refractivity contribution in [2.75, 3.05) is 18.0 Å². The molecular weight excluding hydrogens is 279 g/mol. The maximum absolute atomic E-state index is 13.5. The van der Waals surface area contributed by atoms with Gasteiger partial charge in [0, 0.05) is 23.8 Å². The molecule has 1 N–H and O–H groups in total. The summed E-state index contributed by atoms with van der Waals surface area (Å²) in [5, 5.41) is 8.84. The lowest BCUT2D eigenvalue weighted by Gasteiger charge is -2.17. The largest absolute Gasteiger partial charge is 0.481 e. The highest BCUT2D eigenvalue weighted by Gasteiger charge is 2.29. The Balaban J connectivity index is 2.17. The Labute approximate surface area is 100 Å². The number of aromatic nitrogens is 1. The minimum Gasteiger partial charge on any atom is -0.481 e. The first-order valence-electron chi connectivity index (χ1n) is 4.86. The standard InChI is InChI=1S/C10H10BrFN2O2/c11-7-3-8(12)9(13-4-7)14-2-1-6(5-14)10(15)16/h3-4,6H,1-2,5H2,(H,15,16)/t6-/m0/s1. The van der Waals surface area contributed by atoms with Crippen molar-refractivity contribution in [2.45, 2.75) is 6.42 Å². The molecule has 0 aliphatic carbocycles. The normalized spacial score (nSPS) is 20.1. The van der Waals surface area contributed by atoms with E-state index < -0.39 is 17.7 Å². The Morgan fingerprint density at radius 1 is 1.69 bits per heavy atom. The molecule has 1 aromatic rings. The van der Waals surface area contributed by atoms with Crippen LogP contribution in [0.3, 0.4) is 0 Å². The number of carbonyl (C=O) groups is 1. The maximum atomic E-state index is 13.5. The van der Waals surface area contributed by atoms with Gasteiger partial charge in [0.1, 0.15) is 0 Å². The molecule has 0 saturated carbocycles. The molecule has 0 spiro atoms. The second kappa shape index (κ2) is 4.37. The third-order valence-corrected chi connectivity index (χ3v) is 3.06. The minimum absolute atomic E-state index is 0.229. The van der Waals surface area contributed by atoms with Crippen molar-refractivity contribution < 1.29 is 14.3 Å². The number of hydrogen-bond acceptors (Lipinski definition) is 3. The quantitative estimate of drug-likeness (QED) is 0.903. The molecule has 1 fully saturated rings. The molecule has 2 heterocycles. The van der Waals surface area contributed by atoms with E-state index in [1.54, 1.807) is 4.90 Å². The van der Waals surface area contributed by atoms with Crippen LogP contribution in [0, 0.1) is 11.7 Å². The van der Waals surface area contributed by atoms with Crippen LogP contribution < -0.4 is 4.90 Å². The topological polar surface area (TPSA) is 53.4 Å². The summed E-state index contributed by atoms with van der Waals surface area (Å²) in [6.45, 7) is 0.851. The summed E-state index contributed by atoms with van der Waals surface area (Å²) < 4.78 is 14.1. The average molecular weight is 289 g/mol. The van der Waals surface area contributed by atoms with E-state index in [0.29, 0.717) is 24.0 Å². The zero-order chi connectivity index (χ0) is 11.7. The lowest BCUT2D eigenvalue weighted by molar-refractivity contribution is -0.140. The highest BCUT2D eigenvalue weighted by Crippen LogP contribution is 2.25. The smallest absolute Gasteiger partial charge is 0.308 e. The van der Waals surface area contributed by atoms with Crippen molar-refractivity contribution >= 4 is 27.7 Å². The maximum Gasteiger partial charge on any atom is 0.308 e. The zero-order valence-electron chi connectivity index (χ0n) is 8.36. The van der Waals surface area contributed by atoms with Crippen LogP contribution in [0.4, 0.5) is 10.2 Å². The number of hydrogen-bond donors (Lipinski definition) is 1. The fraction of sp³-hybridized carbons (Fsp3) is 0.400. The fourth-order valence-electron chi connectivity index (χ4n) is 1.79. The second-order valence-electron chi connectivity index (χ2n) is 3.73. The lowest BCUT2D eigenvalue weighted by atomic mass is 10.1. The number of rotatable bonds is 2. The Kier molecular flexibility index (Phi) is 3.09. The molecule has 4 nitrogen and oxygen atoms in total. The van der Waals surface area contributed by atoms with E-state index in [1.807, 2.05) is 0 Å². The SMILES string of the molecule is O=C(O)[C@H]1CCN(c2ncc(Br)cc2F)C1. The molecule has 86 valence electrons. The monoisotopic (exact) mass is 288 g/mol. The summed E-state index contributed by atoms with van der Waals surface area (Å²) in [5.74, 6) is -1.46. The van der Waals surface area contributed by atoms with Gasteiger partial charge in [-0.05, 0) is 28.4 Å². The first-order valence-corrected chi connectivity index (χ1v) is 5.66. The molecule has 1 atom stereocenters. The Hall–Kier alpha value is -1.17. The molecule has 0 amide bonds. The van der Waals surface area contributed by atoms with Crippen LogP contribution in [-0.2, 0) is 4.79 Å². The van der Waals surface area contributed by atoms with Gasteiger partial charge in [0.25, 0.3) is 0 Å². The molecule has 16 heavy (non-hydrogen) atoms. The van der Waals surface area contributed by atoms with Crippen LogP contribution in [0.25, 0.3) is 0 Å². The molecule has 0 aromatic carbocycles. The van der Waals surface area contributed by atoms with Gasteiger partial charge >= 0.3 is 5.97 Å².